The van der Waals surface area contributed by atoms with Crippen LogP contribution < -0.4 is 11.5 Å². The Balaban J connectivity index is 3.35. The number of hydrogen-bond donors (Lipinski definition) is 2. The molecule has 0 aliphatic carbocycles. The highest BCUT2D eigenvalue weighted by Crippen LogP contribution is 2.17. The number of nitrogen functional groups attached to an aromatic ring is 1. The molecule has 1 aromatic heterocycles. The van der Waals surface area contributed by atoms with Crippen LogP contribution in [0.25, 0.3) is 0 Å². The van der Waals surface area contributed by atoms with Crippen LogP contribution in [-0.4, -0.2) is 15.8 Å². The number of pyridine rings is 1. The molecule has 1 amide bonds. The molecule has 4 N–H and O–H groups in total. The zero-order valence-electron chi connectivity index (χ0n) is 6.43. The van der Waals surface area contributed by atoms with Gasteiger partial charge in [0.25, 0.3) is 11.6 Å². The molecule has 68 valence electrons. The fourth-order valence-electron chi connectivity index (χ4n) is 0.807. The third kappa shape index (κ3) is 1.70. The van der Waals surface area contributed by atoms with Crippen LogP contribution in [0.1, 0.15) is 10.4 Å². The number of anilines is 1. The molecule has 1 aromatic rings. The molecule has 1 rings (SSSR count). The first-order valence-electron chi connectivity index (χ1n) is 3.22. The highest BCUT2D eigenvalue weighted by Gasteiger charge is 2.18. The summed E-state index contributed by atoms with van der Waals surface area (Å²) >= 11 is 0. The van der Waals surface area contributed by atoms with E-state index in [1.165, 1.54) is 0 Å². The van der Waals surface area contributed by atoms with Gasteiger partial charge in [0.2, 0.25) is 0 Å². The van der Waals surface area contributed by atoms with E-state index in [2.05, 4.69) is 4.98 Å². The maximum absolute atomic E-state index is 10.7. The van der Waals surface area contributed by atoms with Crippen molar-refractivity contribution in [2.24, 2.45) is 5.73 Å². The normalized spacial score (nSPS) is 9.54. The maximum Gasteiger partial charge on any atom is 0.300 e. The van der Waals surface area contributed by atoms with Gasteiger partial charge in [0.1, 0.15) is 17.6 Å². The summed E-state index contributed by atoms with van der Waals surface area (Å²) in [6.07, 6.45) is 0.898. The van der Waals surface area contributed by atoms with E-state index in [1.807, 2.05) is 0 Å². The highest BCUT2D eigenvalue weighted by molar-refractivity contribution is 5.97. The van der Waals surface area contributed by atoms with E-state index in [-0.39, 0.29) is 11.4 Å². The minimum absolute atomic E-state index is 0.0133. The molecule has 0 saturated heterocycles. The van der Waals surface area contributed by atoms with Crippen molar-refractivity contribution in [3.8, 4) is 0 Å². The molecule has 0 radical (unpaired) electrons. The fraction of sp³-hybridized carbons (Fsp3) is 0. The first-order chi connectivity index (χ1) is 6.02. The molecule has 0 bridgehead atoms. The standard InChI is InChI=1S/C6H6N4O3/c7-5-1-3(6(8)11)4(2-9-5)10(12)13/h1-2H,(H2,7,9)(H2,8,11). The highest BCUT2D eigenvalue weighted by atomic mass is 16.6. The topological polar surface area (TPSA) is 125 Å². The van der Waals surface area contributed by atoms with Gasteiger partial charge in [-0.3, -0.25) is 14.9 Å². The summed E-state index contributed by atoms with van der Waals surface area (Å²) in [5, 5.41) is 10.4. The Morgan fingerprint density at radius 1 is 1.62 bits per heavy atom. The van der Waals surface area contributed by atoms with Gasteiger partial charge in [-0.2, -0.15) is 0 Å². The number of rotatable bonds is 2. The van der Waals surface area contributed by atoms with Crippen LogP contribution in [0, 0.1) is 10.1 Å². The number of primary amides is 1. The Morgan fingerprint density at radius 3 is 2.69 bits per heavy atom. The van der Waals surface area contributed by atoms with Crippen LogP contribution >= 0.6 is 0 Å². The molecule has 1 heterocycles. The number of nitrogens with two attached hydrogens (primary N) is 2. The summed E-state index contributed by atoms with van der Waals surface area (Å²) in [4.78, 5) is 23.8. The van der Waals surface area contributed by atoms with Crippen molar-refractivity contribution in [1.82, 2.24) is 4.98 Å². The van der Waals surface area contributed by atoms with Crippen molar-refractivity contribution >= 4 is 17.4 Å². The lowest BCUT2D eigenvalue weighted by Gasteiger charge is -1.98. The molecular weight excluding hydrogens is 176 g/mol. The number of carbonyl (C=O) groups excluding carboxylic acids is 1. The number of aromatic nitrogens is 1. The van der Waals surface area contributed by atoms with E-state index in [4.69, 9.17) is 11.5 Å². The van der Waals surface area contributed by atoms with Crippen molar-refractivity contribution in [2.75, 3.05) is 5.73 Å². The molecule has 0 unspecified atom stereocenters. The van der Waals surface area contributed by atoms with E-state index in [9.17, 15) is 14.9 Å². The van der Waals surface area contributed by atoms with Crippen molar-refractivity contribution in [2.45, 2.75) is 0 Å². The second-order valence-electron chi connectivity index (χ2n) is 2.25. The summed E-state index contributed by atoms with van der Waals surface area (Å²) < 4.78 is 0. The molecule has 0 aliphatic rings. The summed E-state index contributed by atoms with van der Waals surface area (Å²) in [5.41, 5.74) is 9.44. The van der Waals surface area contributed by atoms with Crippen LogP contribution in [0.2, 0.25) is 0 Å². The smallest absolute Gasteiger partial charge is 0.300 e. The van der Waals surface area contributed by atoms with Gasteiger partial charge >= 0.3 is 0 Å². The third-order valence-corrected chi connectivity index (χ3v) is 1.37. The first-order valence-corrected chi connectivity index (χ1v) is 3.22. The van der Waals surface area contributed by atoms with Gasteiger partial charge in [-0.1, -0.05) is 0 Å². The molecule has 7 nitrogen and oxygen atoms in total. The number of hydrogen-bond acceptors (Lipinski definition) is 5. The second kappa shape index (κ2) is 3.05. The van der Waals surface area contributed by atoms with Crippen molar-refractivity contribution in [3.05, 3.63) is 27.9 Å². The molecule has 0 spiro atoms. The number of carbonyl (C=O) groups is 1. The van der Waals surface area contributed by atoms with Gasteiger partial charge < -0.3 is 11.5 Å². The lowest BCUT2D eigenvalue weighted by Crippen LogP contribution is -2.14. The molecule has 7 heteroatoms. The first kappa shape index (κ1) is 8.91. The second-order valence-corrected chi connectivity index (χ2v) is 2.25. The summed E-state index contributed by atoms with van der Waals surface area (Å²) in [7, 11) is 0. The Kier molecular flexibility index (Phi) is 2.09. The Labute approximate surface area is 72.5 Å². The van der Waals surface area contributed by atoms with Gasteiger partial charge in [-0.05, 0) is 6.07 Å². The monoisotopic (exact) mass is 182 g/mol. The maximum atomic E-state index is 10.7. The molecule has 0 saturated carbocycles. The van der Waals surface area contributed by atoms with Gasteiger partial charge in [0.05, 0.1) is 4.92 Å². The quantitative estimate of drug-likeness (QED) is 0.478. The van der Waals surface area contributed by atoms with Crippen LogP contribution in [0.5, 0.6) is 0 Å². The molecule has 13 heavy (non-hydrogen) atoms. The number of nitrogens with zero attached hydrogens (tertiary/aromatic N) is 2. The zero-order chi connectivity index (χ0) is 10.0. The van der Waals surface area contributed by atoms with Gasteiger partial charge in [0, 0.05) is 0 Å². The Morgan fingerprint density at radius 2 is 2.23 bits per heavy atom. The predicted molar refractivity (Wildman–Crippen MR) is 43.8 cm³/mol. The van der Waals surface area contributed by atoms with Gasteiger partial charge in [-0.25, -0.2) is 4.98 Å². The van der Waals surface area contributed by atoms with Crippen LogP contribution in [0.15, 0.2) is 12.3 Å². The lowest BCUT2D eigenvalue weighted by molar-refractivity contribution is -0.385. The van der Waals surface area contributed by atoms with Crippen LogP contribution in [0.3, 0.4) is 0 Å². The van der Waals surface area contributed by atoms with E-state index in [0.29, 0.717) is 0 Å². The largest absolute Gasteiger partial charge is 0.384 e. The van der Waals surface area contributed by atoms with Crippen molar-refractivity contribution in [1.29, 1.82) is 0 Å². The minimum Gasteiger partial charge on any atom is -0.384 e. The summed E-state index contributed by atoms with van der Waals surface area (Å²) in [5.74, 6) is -0.889. The fourth-order valence-corrected chi connectivity index (χ4v) is 0.807. The number of amides is 1. The number of nitro groups is 1. The van der Waals surface area contributed by atoms with Crippen molar-refractivity contribution < 1.29 is 9.72 Å². The molecule has 0 atom stereocenters. The Hall–Kier alpha value is -2.18. The molecule has 0 fully saturated rings. The van der Waals surface area contributed by atoms with E-state index in [0.717, 1.165) is 12.3 Å². The average molecular weight is 182 g/mol. The van der Waals surface area contributed by atoms with Gasteiger partial charge in [-0.15, -0.1) is 0 Å². The predicted octanol–water partition coefficient (Wildman–Crippen LogP) is -0.329. The van der Waals surface area contributed by atoms with Crippen LogP contribution in [-0.2, 0) is 0 Å². The minimum atomic E-state index is -0.902. The summed E-state index contributed by atoms with van der Waals surface area (Å²) in [6.45, 7) is 0. The SMILES string of the molecule is NC(=O)c1cc(N)ncc1[N+](=O)[O-]. The van der Waals surface area contributed by atoms with E-state index >= 15 is 0 Å². The van der Waals surface area contributed by atoms with Crippen LogP contribution in [0.4, 0.5) is 11.5 Å². The molecular formula is C6H6N4O3. The molecule has 0 aliphatic heterocycles. The van der Waals surface area contributed by atoms with Gasteiger partial charge in [0.15, 0.2) is 0 Å². The third-order valence-electron chi connectivity index (χ3n) is 1.37. The molecule has 0 aromatic carbocycles. The average Bonchev–Trinajstić information content (AvgIpc) is 2.03. The van der Waals surface area contributed by atoms with Crippen molar-refractivity contribution in [3.63, 3.8) is 0 Å². The van der Waals surface area contributed by atoms with E-state index < -0.39 is 16.5 Å². The zero-order valence-corrected chi connectivity index (χ0v) is 6.43. The van der Waals surface area contributed by atoms with E-state index in [1.54, 1.807) is 0 Å². The summed E-state index contributed by atoms with van der Waals surface area (Å²) in [6, 6.07) is 1.07. The lowest BCUT2D eigenvalue weighted by atomic mass is 10.2. The Bertz CT molecular complexity index is 376.